The van der Waals surface area contributed by atoms with Gasteiger partial charge in [-0.3, -0.25) is 9.59 Å². The molecule has 96 valence electrons. The molecule has 3 nitrogen and oxygen atoms in total. The minimum atomic E-state index is -0.0950. The molecule has 1 aliphatic carbocycles. The number of rotatable bonds is 3. The van der Waals surface area contributed by atoms with E-state index in [0.717, 1.165) is 24.0 Å². The maximum atomic E-state index is 12.1. The summed E-state index contributed by atoms with van der Waals surface area (Å²) in [5.74, 6) is -0.0950. The zero-order valence-corrected chi connectivity index (χ0v) is 11.1. The Labute approximate surface area is 115 Å². The molecule has 0 atom stereocenters. The quantitative estimate of drug-likeness (QED) is 0.871. The van der Waals surface area contributed by atoms with E-state index >= 15 is 0 Å². The van der Waals surface area contributed by atoms with Crippen LogP contribution in [-0.4, -0.2) is 12.2 Å². The molecule has 0 aliphatic heterocycles. The van der Waals surface area contributed by atoms with Gasteiger partial charge >= 0.3 is 0 Å². The lowest BCUT2D eigenvalue weighted by molar-refractivity contribution is 0.102. The van der Waals surface area contributed by atoms with Crippen molar-refractivity contribution in [3.8, 4) is 0 Å². The van der Waals surface area contributed by atoms with Crippen molar-refractivity contribution in [1.29, 1.82) is 0 Å². The number of carbonyl (C=O) groups excluding carboxylic acids is 2. The molecule has 1 aliphatic rings. The summed E-state index contributed by atoms with van der Waals surface area (Å²) < 4.78 is 0. The normalized spacial score (nSPS) is 13.1. The van der Waals surface area contributed by atoms with Crippen LogP contribution in [-0.2, 0) is 12.8 Å². The largest absolute Gasteiger partial charge is 0.321 e. The first-order valence-corrected chi connectivity index (χ1v) is 7.06. The van der Waals surface area contributed by atoms with Crippen LogP contribution in [0.1, 0.15) is 36.9 Å². The number of hydrogen-bond acceptors (Lipinski definition) is 3. The van der Waals surface area contributed by atoms with Gasteiger partial charge in [0.25, 0.3) is 5.91 Å². The van der Waals surface area contributed by atoms with Gasteiger partial charge in [-0.15, -0.1) is 11.3 Å². The Balaban J connectivity index is 1.78. The van der Waals surface area contributed by atoms with Crippen LogP contribution in [0, 0.1) is 0 Å². The molecule has 1 heterocycles. The molecule has 1 N–H and O–H groups in total. The molecule has 0 spiro atoms. The van der Waals surface area contributed by atoms with Gasteiger partial charge in [0.05, 0.1) is 4.88 Å². The van der Waals surface area contributed by atoms with Gasteiger partial charge < -0.3 is 5.32 Å². The highest BCUT2D eigenvalue weighted by Gasteiger charge is 2.18. The van der Waals surface area contributed by atoms with Crippen LogP contribution < -0.4 is 5.32 Å². The van der Waals surface area contributed by atoms with Crippen LogP contribution in [0.15, 0.2) is 30.3 Å². The van der Waals surface area contributed by atoms with E-state index in [9.17, 15) is 9.59 Å². The number of anilines is 1. The zero-order valence-electron chi connectivity index (χ0n) is 10.3. The Morgan fingerprint density at radius 2 is 2.16 bits per heavy atom. The van der Waals surface area contributed by atoms with Gasteiger partial charge in [-0.05, 0) is 43.0 Å². The molecule has 1 amide bonds. The van der Waals surface area contributed by atoms with E-state index in [4.69, 9.17) is 0 Å². The van der Waals surface area contributed by atoms with Gasteiger partial charge in [0.15, 0.2) is 0 Å². The Morgan fingerprint density at radius 3 is 2.95 bits per heavy atom. The van der Waals surface area contributed by atoms with Crippen LogP contribution in [0.3, 0.4) is 0 Å². The molecule has 4 heteroatoms. The van der Waals surface area contributed by atoms with E-state index in [-0.39, 0.29) is 5.91 Å². The molecular weight excluding hydrogens is 258 g/mol. The predicted octanol–water partition coefficient (Wildman–Crippen LogP) is 3.30. The first-order valence-electron chi connectivity index (χ1n) is 6.24. The summed E-state index contributed by atoms with van der Waals surface area (Å²) in [6.07, 6.45) is 4.15. The van der Waals surface area contributed by atoms with E-state index in [1.807, 2.05) is 6.07 Å². The predicted molar refractivity (Wildman–Crippen MR) is 76.1 cm³/mol. The van der Waals surface area contributed by atoms with Crippen molar-refractivity contribution >= 4 is 29.2 Å². The molecule has 0 radical (unpaired) electrons. The number of hydrogen-bond donors (Lipinski definition) is 1. The second kappa shape index (κ2) is 4.97. The van der Waals surface area contributed by atoms with Crippen molar-refractivity contribution in [2.75, 3.05) is 5.32 Å². The molecule has 2 aromatic rings. The number of thiophene rings is 1. The van der Waals surface area contributed by atoms with Crippen molar-refractivity contribution in [1.82, 2.24) is 0 Å². The minimum absolute atomic E-state index is 0.0950. The lowest BCUT2D eigenvalue weighted by atomic mass is 10.2. The standard InChI is InChI=1S/C15H13NO2S/c17-9-10-3-1-5-12(7-10)16-15(18)14-8-11-4-2-6-13(11)19-14/h1,3,5,7-9H,2,4,6H2,(H,16,18). The van der Waals surface area contributed by atoms with Gasteiger partial charge in [-0.2, -0.15) is 0 Å². The number of aryl methyl sites for hydroxylation is 2. The van der Waals surface area contributed by atoms with Crippen molar-refractivity contribution in [3.05, 3.63) is 51.2 Å². The smallest absolute Gasteiger partial charge is 0.265 e. The third-order valence-corrected chi connectivity index (χ3v) is 4.49. The Hall–Kier alpha value is -1.94. The first kappa shape index (κ1) is 12.1. The average Bonchev–Trinajstić information content (AvgIpc) is 2.99. The van der Waals surface area contributed by atoms with Crippen molar-refractivity contribution in [2.24, 2.45) is 0 Å². The topological polar surface area (TPSA) is 46.2 Å². The van der Waals surface area contributed by atoms with E-state index in [2.05, 4.69) is 5.32 Å². The lowest BCUT2D eigenvalue weighted by Gasteiger charge is -2.03. The molecule has 0 saturated heterocycles. The van der Waals surface area contributed by atoms with Crippen LogP contribution >= 0.6 is 11.3 Å². The molecule has 19 heavy (non-hydrogen) atoms. The Bertz CT molecular complexity index is 624. The van der Waals surface area contributed by atoms with Crippen LogP contribution in [0.2, 0.25) is 0 Å². The molecule has 0 unspecified atom stereocenters. The zero-order chi connectivity index (χ0) is 13.2. The summed E-state index contributed by atoms with van der Waals surface area (Å²) in [5, 5.41) is 2.83. The second-order valence-corrected chi connectivity index (χ2v) is 5.75. The van der Waals surface area contributed by atoms with E-state index in [1.54, 1.807) is 35.6 Å². The SMILES string of the molecule is O=Cc1cccc(NC(=O)c2cc3c(s2)CCC3)c1. The van der Waals surface area contributed by atoms with E-state index < -0.39 is 0 Å². The van der Waals surface area contributed by atoms with Gasteiger partial charge in [0, 0.05) is 16.1 Å². The van der Waals surface area contributed by atoms with Gasteiger partial charge in [-0.25, -0.2) is 0 Å². The van der Waals surface area contributed by atoms with Crippen LogP contribution in [0.5, 0.6) is 0 Å². The van der Waals surface area contributed by atoms with Crippen molar-refractivity contribution in [2.45, 2.75) is 19.3 Å². The summed E-state index contributed by atoms with van der Waals surface area (Å²) in [4.78, 5) is 24.9. The highest BCUT2D eigenvalue weighted by Crippen LogP contribution is 2.30. The van der Waals surface area contributed by atoms with Gasteiger partial charge in [0.1, 0.15) is 6.29 Å². The summed E-state index contributed by atoms with van der Waals surface area (Å²) in [6.45, 7) is 0. The molecular formula is C15H13NO2S. The fraction of sp³-hybridized carbons (Fsp3) is 0.200. The highest BCUT2D eigenvalue weighted by molar-refractivity contribution is 7.14. The molecule has 0 fully saturated rings. The number of fused-ring (bicyclic) bond motifs is 1. The molecule has 1 aromatic heterocycles. The number of amides is 1. The summed E-state index contributed by atoms with van der Waals surface area (Å²) in [6, 6.07) is 8.92. The van der Waals surface area contributed by atoms with E-state index in [1.165, 1.54) is 16.9 Å². The minimum Gasteiger partial charge on any atom is -0.321 e. The molecule has 3 rings (SSSR count). The fourth-order valence-electron chi connectivity index (χ4n) is 2.32. The lowest BCUT2D eigenvalue weighted by Crippen LogP contribution is -2.10. The van der Waals surface area contributed by atoms with E-state index in [0.29, 0.717) is 11.3 Å². The summed E-state index contributed by atoms with van der Waals surface area (Å²) >= 11 is 1.58. The Morgan fingerprint density at radius 1 is 1.26 bits per heavy atom. The van der Waals surface area contributed by atoms with Crippen molar-refractivity contribution in [3.63, 3.8) is 0 Å². The first-order chi connectivity index (χ1) is 9.26. The van der Waals surface area contributed by atoms with Gasteiger partial charge in [-0.1, -0.05) is 12.1 Å². The third kappa shape index (κ3) is 2.44. The number of aldehydes is 1. The van der Waals surface area contributed by atoms with Gasteiger partial charge in [0.2, 0.25) is 0 Å². The maximum Gasteiger partial charge on any atom is 0.265 e. The third-order valence-electron chi connectivity index (χ3n) is 3.25. The maximum absolute atomic E-state index is 12.1. The monoisotopic (exact) mass is 271 g/mol. The van der Waals surface area contributed by atoms with Crippen LogP contribution in [0.4, 0.5) is 5.69 Å². The Kier molecular flexibility index (Phi) is 3.17. The summed E-state index contributed by atoms with van der Waals surface area (Å²) in [7, 11) is 0. The number of carbonyl (C=O) groups is 2. The fourth-order valence-corrected chi connectivity index (χ4v) is 3.47. The number of nitrogens with one attached hydrogen (secondary N) is 1. The number of benzene rings is 1. The molecule has 1 aromatic carbocycles. The average molecular weight is 271 g/mol. The van der Waals surface area contributed by atoms with Crippen molar-refractivity contribution < 1.29 is 9.59 Å². The molecule has 0 bridgehead atoms. The van der Waals surface area contributed by atoms with Crippen LogP contribution in [0.25, 0.3) is 0 Å². The second-order valence-electron chi connectivity index (χ2n) is 4.61. The highest BCUT2D eigenvalue weighted by atomic mass is 32.1. The molecule has 0 saturated carbocycles. The summed E-state index contributed by atoms with van der Waals surface area (Å²) in [5.41, 5.74) is 2.53.